The summed E-state index contributed by atoms with van der Waals surface area (Å²) in [6.07, 6.45) is 9.97. The molecule has 5 heteroatoms. The molecule has 1 heterocycles. The van der Waals surface area contributed by atoms with Crippen LogP contribution in [0.5, 0.6) is 5.75 Å². The summed E-state index contributed by atoms with van der Waals surface area (Å²) < 4.78 is 7.07. The van der Waals surface area contributed by atoms with Gasteiger partial charge in [0.2, 0.25) is 0 Å². The fourth-order valence-corrected chi connectivity index (χ4v) is 4.39. The molecule has 124 valence electrons. The van der Waals surface area contributed by atoms with Crippen LogP contribution in [0.4, 0.5) is 5.69 Å². The lowest BCUT2D eigenvalue weighted by atomic mass is 10.1. The predicted molar refractivity (Wildman–Crippen MR) is 94.5 cm³/mol. The van der Waals surface area contributed by atoms with Crippen molar-refractivity contribution >= 4 is 27.2 Å². The number of fused-ring (bicyclic) bond motifs is 1. The molecule has 0 amide bonds. The van der Waals surface area contributed by atoms with Crippen LogP contribution in [-0.2, 0) is 0 Å². The van der Waals surface area contributed by atoms with E-state index in [4.69, 9.17) is 15.3 Å². The van der Waals surface area contributed by atoms with Gasteiger partial charge in [-0.2, -0.15) is 5.53 Å². The van der Waals surface area contributed by atoms with Crippen LogP contribution in [0, 0.1) is 0 Å². The molecule has 0 unspecified atom stereocenters. The zero-order valence-corrected chi connectivity index (χ0v) is 14.7. The van der Waals surface area contributed by atoms with E-state index in [2.05, 4.69) is 12.0 Å². The molecule has 0 radical (unpaired) electrons. The lowest BCUT2D eigenvalue weighted by Gasteiger charge is -2.07. The molecule has 0 saturated heterocycles. The number of hydrogen-bond donors (Lipinski definition) is 1. The molecule has 1 aromatic heterocycles. The Hall–Kier alpha value is -1.49. The number of ether oxygens (including phenoxy) is 1. The first-order valence-electron chi connectivity index (χ1n) is 8.80. The van der Waals surface area contributed by atoms with E-state index in [-0.39, 0.29) is 0 Å². The van der Waals surface area contributed by atoms with Gasteiger partial charge >= 0.3 is 0 Å². The largest absolute Gasteiger partial charge is 0.491 e. The van der Waals surface area contributed by atoms with Gasteiger partial charge in [-0.05, 0) is 30.4 Å². The molecule has 3 rings (SSSR count). The zero-order valence-electron chi connectivity index (χ0n) is 13.9. The Balaban J connectivity index is 1.75. The molecule has 1 aromatic carbocycles. The van der Waals surface area contributed by atoms with Crippen molar-refractivity contribution in [3.8, 4) is 5.75 Å². The first-order valence-corrected chi connectivity index (χ1v) is 9.61. The van der Waals surface area contributed by atoms with Crippen molar-refractivity contribution in [1.82, 2.24) is 4.98 Å². The van der Waals surface area contributed by atoms with Crippen molar-refractivity contribution in [3.05, 3.63) is 17.1 Å². The van der Waals surface area contributed by atoms with E-state index in [9.17, 15) is 0 Å². The molecule has 4 nitrogen and oxygen atoms in total. The lowest BCUT2D eigenvalue weighted by molar-refractivity contribution is -0.210. The summed E-state index contributed by atoms with van der Waals surface area (Å²) in [4.78, 5) is 4.84. The van der Waals surface area contributed by atoms with Crippen molar-refractivity contribution in [3.63, 3.8) is 0 Å². The normalized spacial score (nSPS) is 15.3. The summed E-state index contributed by atoms with van der Waals surface area (Å²) in [5, 5.41) is 5.16. The minimum atomic E-state index is 0.643. The lowest BCUT2D eigenvalue weighted by Crippen LogP contribution is -2.22. The van der Waals surface area contributed by atoms with Crippen LogP contribution < -0.4 is 10.3 Å². The van der Waals surface area contributed by atoms with Crippen LogP contribution >= 0.6 is 11.3 Å². The van der Waals surface area contributed by atoms with Crippen LogP contribution in [0.15, 0.2) is 17.2 Å². The molecule has 2 aromatic rings. The number of thiazole rings is 1. The van der Waals surface area contributed by atoms with E-state index >= 15 is 0 Å². The molecule has 2 N–H and O–H groups in total. The van der Waals surface area contributed by atoms with Crippen LogP contribution in [0.2, 0.25) is 0 Å². The summed E-state index contributed by atoms with van der Waals surface area (Å²) in [6, 6.07) is 4.03. The third kappa shape index (κ3) is 3.89. The van der Waals surface area contributed by atoms with Crippen LogP contribution in [0.25, 0.3) is 10.2 Å². The number of rotatable bonds is 8. The van der Waals surface area contributed by atoms with Crippen molar-refractivity contribution in [2.24, 2.45) is 5.11 Å². The first kappa shape index (κ1) is 16.4. The van der Waals surface area contributed by atoms with Gasteiger partial charge in [0.1, 0.15) is 0 Å². The summed E-state index contributed by atoms with van der Waals surface area (Å²) in [5.74, 6) is 1.41. The Morgan fingerprint density at radius 2 is 2.09 bits per heavy atom. The molecule has 1 aliphatic rings. The molecular weight excluding hydrogens is 306 g/mol. The summed E-state index contributed by atoms with van der Waals surface area (Å²) >= 11 is 1.79. The maximum atomic E-state index is 5.91. The number of nitrogens with two attached hydrogens (primary N) is 1. The molecule has 1 aliphatic carbocycles. The Kier molecular flexibility index (Phi) is 5.60. The number of benzene rings is 1. The SMILES string of the molecule is CCCCCCOc1cc2nc(C3CCCC3)sc2cc1N=[NH2+]. The minimum absolute atomic E-state index is 0.643. The highest BCUT2D eigenvalue weighted by molar-refractivity contribution is 7.18. The second-order valence-corrected chi connectivity index (χ2v) is 7.42. The average Bonchev–Trinajstić information content (AvgIpc) is 3.22. The highest BCUT2D eigenvalue weighted by Gasteiger charge is 2.21. The van der Waals surface area contributed by atoms with Crippen molar-refractivity contribution in [1.29, 1.82) is 0 Å². The van der Waals surface area contributed by atoms with Gasteiger partial charge in [0.05, 0.1) is 21.8 Å². The molecule has 0 bridgehead atoms. The minimum Gasteiger partial charge on any atom is -0.491 e. The van der Waals surface area contributed by atoms with Crippen LogP contribution in [0.1, 0.15) is 69.2 Å². The van der Waals surface area contributed by atoms with Gasteiger partial charge in [0.15, 0.2) is 11.4 Å². The van der Waals surface area contributed by atoms with Gasteiger partial charge in [-0.1, -0.05) is 39.0 Å². The van der Waals surface area contributed by atoms with Gasteiger partial charge < -0.3 is 4.74 Å². The predicted octanol–water partition coefficient (Wildman–Crippen LogP) is 4.76. The second-order valence-electron chi connectivity index (χ2n) is 6.36. The quantitative estimate of drug-likeness (QED) is 0.560. The number of nitrogens with zero attached hydrogens (tertiary/aromatic N) is 2. The highest BCUT2D eigenvalue weighted by Crippen LogP contribution is 2.40. The second kappa shape index (κ2) is 7.86. The van der Waals surface area contributed by atoms with Crippen molar-refractivity contribution in [2.75, 3.05) is 6.61 Å². The standard InChI is InChI=1S/C18H25N3OS/c1-2-3-4-7-10-22-16-11-15-17(12-14(16)21-19)23-18(20-15)13-8-5-6-9-13/h11-13,19H,2-10H2,1H3/p+1. The summed E-state index contributed by atoms with van der Waals surface area (Å²) in [5.41, 5.74) is 7.30. The van der Waals surface area contributed by atoms with Crippen LogP contribution in [0.3, 0.4) is 0 Å². The first-order chi connectivity index (χ1) is 11.3. The maximum Gasteiger partial charge on any atom is 0.173 e. The molecule has 23 heavy (non-hydrogen) atoms. The summed E-state index contributed by atoms with van der Waals surface area (Å²) in [7, 11) is 0. The number of hydrogen-bond acceptors (Lipinski definition) is 4. The van der Waals surface area contributed by atoms with Gasteiger partial charge in [-0.25, -0.2) is 4.98 Å². The van der Waals surface area contributed by atoms with Crippen molar-refractivity contribution < 1.29 is 10.3 Å². The van der Waals surface area contributed by atoms with E-state index in [1.807, 2.05) is 12.1 Å². The van der Waals surface area contributed by atoms with E-state index in [1.165, 1.54) is 50.0 Å². The van der Waals surface area contributed by atoms with Gasteiger partial charge in [0.25, 0.3) is 0 Å². The topological polar surface area (TPSA) is 60.1 Å². The van der Waals surface area contributed by atoms with Gasteiger partial charge in [0, 0.05) is 12.0 Å². The average molecular weight is 332 g/mol. The number of unbranched alkanes of at least 4 members (excludes halogenated alkanes) is 3. The molecule has 0 atom stereocenters. The Morgan fingerprint density at radius 3 is 2.83 bits per heavy atom. The Labute approximate surface area is 141 Å². The molecular formula is C18H26N3OS+. The number of aromatic nitrogens is 1. The molecule has 1 saturated carbocycles. The zero-order chi connectivity index (χ0) is 16.1. The van der Waals surface area contributed by atoms with E-state index in [0.29, 0.717) is 12.5 Å². The fourth-order valence-electron chi connectivity index (χ4n) is 3.24. The Bertz CT molecular complexity index is 662. The summed E-state index contributed by atoms with van der Waals surface area (Å²) in [6.45, 7) is 2.93. The third-order valence-corrected chi connectivity index (χ3v) is 5.77. The van der Waals surface area contributed by atoms with E-state index in [1.54, 1.807) is 11.3 Å². The van der Waals surface area contributed by atoms with Gasteiger partial charge in [-0.15, -0.1) is 11.3 Å². The fraction of sp³-hybridized carbons (Fsp3) is 0.611. The molecule has 0 spiro atoms. The van der Waals surface area contributed by atoms with Crippen LogP contribution in [-0.4, -0.2) is 11.6 Å². The molecule has 0 aliphatic heterocycles. The van der Waals surface area contributed by atoms with Gasteiger partial charge in [-0.3, -0.25) is 0 Å². The van der Waals surface area contributed by atoms with E-state index in [0.717, 1.165) is 28.1 Å². The maximum absolute atomic E-state index is 5.91. The third-order valence-electron chi connectivity index (χ3n) is 4.58. The Morgan fingerprint density at radius 1 is 1.26 bits per heavy atom. The monoisotopic (exact) mass is 332 g/mol. The smallest absolute Gasteiger partial charge is 0.173 e. The van der Waals surface area contributed by atoms with E-state index < -0.39 is 0 Å². The molecule has 1 fully saturated rings. The highest BCUT2D eigenvalue weighted by atomic mass is 32.1. The van der Waals surface area contributed by atoms with Crippen molar-refractivity contribution in [2.45, 2.75) is 64.2 Å².